The van der Waals surface area contributed by atoms with E-state index in [4.69, 9.17) is 0 Å². The summed E-state index contributed by atoms with van der Waals surface area (Å²) in [5.41, 5.74) is 0.732. The number of fused-ring (bicyclic) bond motifs is 1. The Morgan fingerprint density at radius 1 is 0.844 bits per heavy atom. The molecule has 1 aromatic heterocycles. The van der Waals surface area contributed by atoms with Gasteiger partial charge in [-0.15, -0.1) is 0 Å². The van der Waals surface area contributed by atoms with Crippen molar-refractivity contribution in [3.63, 3.8) is 0 Å². The van der Waals surface area contributed by atoms with Crippen molar-refractivity contribution in [3.05, 3.63) is 42.5 Å². The molecule has 1 heterocycles. The highest BCUT2D eigenvalue weighted by Gasteiger charge is 2.32. The van der Waals surface area contributed by atoms with E-state index >= 15 is 0 Å². The van der Waals surface area contributed by atoms with Gasteiger partial charge in [0.1, 0.15) is 22.2 Å². The number of halogens is 6. The number of aliphatic hydroxyl groups is 1. The lowest BCUT2D eigenvalue weighted by molar-refractivity contribution is -0.154. The van der Waals surface area contributed by atoms with Gasteiger partial charge in [-0.25, -0.2) is 18.1 Å². The second kappa shape index (κ2) is 14.7. The maximum absolute atomic E-state index is 13.1. The largest absolute Gasteiger partial charge is 0.484 e. The SMILES string of the molecule is O=S(=O)(NC[C@H]1CC[C@H](CNc2nc(NCCO)c3ccccc3n2)CC1)c1cc(OCC(F)(F)F)ccc1OCC(F)(F)F. The number of nitrogens with zero attached hydrogens (tertiary/aromatic N) is 2. The van der Waals surface area contributed by atoms with Crippen LogP contribution in [0.25, 0.3) is 10.9 Å². The number of hydrogen-bond donors (Lipinski definition) is 4. The molecule has 3 aromatic rings. The summed E-state index contributed by atoms with van der Waals surface area (Å²) in [5, 5.41) is 16.3. The Labute approximate surface area is 255 Å². The number of ether oxygens (including phenoxy) is 2. The zero-order valence-electron chi connectivity index (χ0n) is 23.9. The molecule has 1 aliphatic carbocycles. The van der Waals surface area contributed by atoms with Gasteiger partial charge in [0.2, 0.25) is 16.0 Å². The maximum Gasteiger partial charge on any atom is 0.422 e. The molecular weight excluding hydrogens is 632 g/mol. The summed E-state index contributed by atoms with van der Waals surface area (Å²) in [7, 11) is -4.48. The number of anilines is 2. The van der Waals surface area contributed by atoms with Crippen LogP contribution in [-0.2, 0) is 10.0 Å². The highest BCUT2D eigenvalue weighted by atomic mass is 32.2. The van der Waals surface area contributed by atoms with Crippen LogP contribution in [0, 0.1) is 11.8 Å². The molecule has 4 rings (SSSR count). The average Bonchev–Trinajstić information content (AvgIpc) is 2.99. The molecule has 0 bridgehead atoms. The van der Waals surface area contributed by atoms with Crippen molar-refractivity contribution >= 4 is 32.7 Å². The minimum absolute atomic E-state index is 0.0253. The van der Waals surface area contributed by atoms with Gasteiger partial charge < -0.3 is 25.2 Å². The van der Waals surface area contributed by atoms with Crippen LogP contribution in [0.5, 0.6) is 11.5 Å². The van der Waals surface area contributed by atoms with Crippen molar-refractivity contribution in [3.8, 4) is 11.5 Å². The van der Waals surface area contributed by atoms with Gasteiger partial charge in [0, 0.05) is 31.1 Å². The van der Waals surface area contributed by atoms with Crippen LogP contribution in [0.1, 0.15) is 25.7 Å². The number of rotatable bonds is 14. The van der Waals surface area contributed by atoms with Crippen molar-refractivity contribution in [1.29, 1.82) is 0 Å². The van der Waals surface area contributed by atoms with Crippen molar-refractivity contribution in [2.24, 2.45) is 11.8 Å². The lowest BCUT2D eigenvalue weighted by Crippen LogP contribution is -2.33. The molecule has 1 aliphatic rings. The molecule has 4 N–H and O–H groups in total. The Morgan fingerprint density at radius 2 is 1.49 bits per heavy atom. The van der Waals surface area contributed by atoms with E-state index in [0.717, 1.165) is 35.9 Å². The maximum atomic E-state index is 13.1. The topological polar surface area (TPSA) is 135 Å². The lowest BCUT2D eigenvalue weighted by atomic mass is 9.82. The van der Waals surface area contributed by atoms with Gasteiger partial charge in [-0.05, 0) is 61.8 Å². The van der Waals surface area contributed by atoms with Crippen LogP contribution >= 0.6 is 0 Å². The second-order valence-electron chi connectivity index (χ2n) is 10.6. The monoisotopic (exact) mass is 665 g/mol. The van der Waals surface area contributed by atoms with Crippen LogP contribution in [0.2, 0.25) is 0 Å². The Hall–Kier alpha value is -3.57. The predicted octanol–water partition coefficient (Wildman–Crippen LogP) is 5.11. The first kappa shape index (κ1) is 34.3. The molecule has 45 heavy (non-hydrogen) atoms. The summed E-state index contributed by atoms with van der Waals surface area (Å²) in [5.74, 6) is 0.0240. The smallest absolute Gasteiger partial charge is 0.422 e. The van der Waals surface area contributed by atoms with Gasteiger partial charge >= 0.3 is 12.4 Å². The van der Waals surface area contributed by atoms with Gasteiger partial charge in [0.05, 0.1) is 12.1 Å². The molecule has 0 amide bonds. The number of sulfonamides is 1. The Morgan fingerprint density at radius 3 is 2.16 bits per heavy atom. The number of alkyl halides is 6. The van der Waals surface area contributed by atoms with E-state index < -0.39 is 52.0 Å². The summed E-state index contributed by atoms with van der Waals surface area (Å²) < 4.78 is 114. The van der Waals surface area contributed by atoms with E-state index in [1.54, 1.807) is 0 Å². The second-order valence-corrected chi connectivity index (χ2v) is 12.3. The highest BCUT2D eigenvalue weighted by Crippen LogP contribution is 2.33. The van der Waals surface area contributed by atoms with Crippen LogP contribution in [-0.4, -0.2) is 75.3 Å². The first-order valence-electron chi connectivity index (χ1n) is 14.1. The molecule has 1 saturated carbocycles. The van der Waals surface area contributed by atoms with Gasteiger partial charge in [-0.3, -0.25) is 0 Å². The van der Waals surface area contributed by atoms with E-state index in [0.29, 0.717) is 43.8 Å². The Kier molecular flexibility index (Phi) is 11.2. The molecule has 0 radical (unpaired) electrons. The molecule has 0 atom stereocenters. The number of aromatic nitrogens is 2. The number of benzene rings is 2. The molecule has 0 saturated heterocycles. The zero-order valence-corrected chi connectivity index (χ0v) is 24.7. The van der Waals surface area contributed by atoms with E-state index in [1.807, 2.05) is 24.3 Å². The van der Waals surface area contributed by atoms with E-state index in [1.165, 1.54) is 0 Å². The molecule has 0 unspecified atom stereocenters. The predicted molar refractivity (Wildman–Crippen MR) is 154 cm³/mol. The van der Waals surface area contributed by atoms with Gasteiger partial charge in [-0.1, -0.05) is 12.1 Å². The minimum atomic E-state index is -4.77. The molecule has 1 fully saturated rings. The number of para-hydroxylation sites is 1. The normalized spacial score (nSPS) is 17.7. The average molecular weight is 666 g/mol. The third-order valence-corrected chi connectivity index (χ3v) is 8.53. The summed E-state index contributed by atoms with van der Waals surface area (Å²) >= 11 is 0. The molecule has 0 spiro atoms. The first-order valence-corrected chi connectivity index (χ1v) is 15.6. The van der Waals surface area contributed by atoms with Crippen LogP contribution in [0.15, 0.2) is 47.4 Å². The fourth-order valence-corrected chi connectivity index (χ4v) is 6.15. The third kappa shape index (κ3) is 10.5. The summed E-state index contributed by atoms with van der Waals surface area (Å²) in [6.07, 6.45) is -6.66. The fraction of sp³-hybridized carbons (Fsp3) is 0.500. The molecular formula is C28H33F6N5O5S. The lowest BCUT2D eigenvalue weighted by Gasteiger charge is -2.29. The molecule has 0 aliphatic heterocycles. The van der Waals surface area contributed by atoms with E-state index in [-0.39, 0.29) is 25.0 Å². The summed E-state index contributed by atoms with van der Waals surface area (Å²) in [4.78, 5) is 8.32. The van der Waals surface area contributed by atoms with Crippen LogP contribution in [0.3, 0.4) is 0 Å². The van der Waals surface area contributed by atoms with Gasteiger partial charge in [0.15, 0.2) is 13.2 Å². The number of aliphatic hydroxyl groups excluding tert-OH is 1. The van der Waals surface area contributed by atoms with E-state index in [2.05, 4.69) is 34.8 Å². The molecule has 17 heteroatoms. The zero-order chi connectivity index (χ0) is 32.7. The molecule has 248 valence electrons. The third-order valence-electron chi connectivity index (χ3n) is 7.08. The molecule has 2 aromatic carbocycles. The van der Waals surface area contributed by atoms with Gasteiger partial charge in [-0.2, -0.15) is 31.3 Å². The Balaban J connectivity index is 1.34. The summed E-state index contributed by atoms with van der Waals surface area (Å²) in [6.45, 7) is -2.69. The number of nitrogens with one attached hydrogen (secondary N) is 3. The van der Waals surface area contributed by atoms with Crippen molar-refractivity contribution in [2.75, 3.05) is 50.1 Å². The minimum Gasteiger partial charge on any atom is -0.484 e. The number of hydrogen-bond acceptors (Lipinski definition) is 9. The quantitative estimate of drug-likeness (QED) is 0.173. The standard InChI is InChI=1S/C28H33F6N5O5S/c29-27(30,31)16-43-20-9-10-23(44-17-28(32,33)34)24(13-20)45(41,42)37-15-19-7-5-18(6-8-19)14-36-26-38-22-4-2-1-3-21(22)25(39-26)35-11-12-40/h1-4,9-10,13,18-19,37,40H,5-8,11-12,14-17H2,(H2,35,36,38,39)/t18-,19-. The van der Waals surface area contributed by atoms with E-state index in [9.17, 15) is 39.9 Å². The fourth-order valence-electron chi connectivity index (χ4n) is 4.88. The van der Waals surface area contributed by atoms with Crippen molar-refractivity contribution in [1.82, 2.24) is 14.7 Å². The van der Waals surface area contributed by atoms with Crippen molar-refractivity contribution in [2.45, 2.75) is 42.9 Å². The van der Waals surface area contributed by atoms with Crippen molar-refractivity contribution < 1.29 is 49.3 Å². The molecule has 10 nitrogen and oxygen atoms in total. The first-order chi connectivity index (χ1) is 21.2. The highest BCUT2D eigenvalue weighted by molar-refractivity contribution is 7.89. The Bertz CT molecular complexity index is 1530. The van der Waals surface area contributed by atoms with Gasteiger partial charge in [0.25, 0.3) is 0 Å². The van der Waals surface area contributed by atoms with Crippen LogP contribution < -0.4 is 24.8 Å². The summed E-state index contributed by atoms with van der Waals surface area (Å²) in [6, 6.07) is 9.91. The van der Waals surface area contributed by atoms with Crippen LogP contribution in [0.4, 0.5) is 38.1 Å².